The lowest BCUT2D eigenvalue weighted by molar-refractivity contribution is 0.0535. The Morgan fingerprint density at radius 1 is 1.06 bits per heavy atom. The lowest BCUT2D eigenvalue weighted by atomic mass is 9.81. The van der Waals surface area contributed by atoms with E-state index in [9.17, 15) is 14.0 Å². The van der Waals surface area contributed by atoms with Crippen LogP contribution in [0.15, 0.2) is 60.1 Å². The van der Waals surface area contributed by atoms with Crippen molar-refractivity contribution >= 4 is 23.2 Å². The van der Waals surface area contributed by atoms with Gasteiger partial charge in [-0.05, 0) is 54.6 Å². The lowest BCUT2D eigenvalue weighted by Gasteiger charge is -2.39. The Bertz CT molecular complexity index is 1130. The number of hydrogen-bond acceptors (Lipinski definition) is 4. The van der Waals surface area contributed by atoms with E-state index in [0.29, 0.717) is 25.2 Å². The van der Waals surface area contributed by atoms with Crippen molar-refractivity contribution < 1.29 is 14.0 Å². The summed E-state index contributed by atoms with van der Waals surface area (Å²) in [4.78, 5) is 35.4. The number of amides is 2. The molecule has 0 saturated carbocycles. The van der Waals surface area contributed by atoms with Crippen molar-refractivity contribution in [3.05, 3.63) is 87.6 Å². The third-order valence-electron chi connectivity index (χ3n) is 6.75. The molecule has 0 bridgehead atoms. The molecule has 4 heterocycles. The van der Waals surface area contributed by atoms with Crippen LogP contribution in [0.4, 0.5) is 4.39 Å². The Kier molecular flexibility index (Phi) is 5.51. The van der Waals surface area contributed by atoms with Crippen molar-refractivity contribution in [1.82, 2.24) is 14.8 Å². The third kappa shape index (κ3) is 3.71. The molecule has 0 spiro atoms. The number of aromatic nitrogens is 1. The van der Waals surface area contributed by atoms with Crippen molar-refractivity contribution in [2.75, 3.05) is 19.6 Å². The maximum Gasteiger partial charge on any atom is 0.264 e. The van der Waals surface area contributed by atoms with Gasteiger partial charge in [-0.3, -0.25) is 14.6 Å². The van der Waals surface area contributed by atoms with Gasteiger partial charge in [0.1, 0.15) is 5.82 Å². The van der Waals surface area contributed by atoms with Gasteiger partial charge >= 0.3 is 0 Å². The molecule has 1 aromatic carbocycles. The third-order valence-corrected chi connectivity index (χ3v) is 7.60. The van der Waals surface area contributed by atoms with E-state index in [0.717, 1.165) is 22.6 Å². The lowest BCUT2D eigenvalue weighted by Crippen LogP contribution is -2.49. The summed E-state index contributed by atoms with van der Waals surface area (Å²) < 4.78 is 13.6. The maximum absolute atomic E-state index is 13.6. The molecule has 2 fully saturated rings. The molecule has 2 saturated heterocycles. The van der Waals surface area contributed by atoms with E-state index in [2.05, 4.69) is 4.98 Å². The number of pyridine rings is 1. The van der Waals surface area contributed by atoms with Crippen molar-refractivity contribution in [1.29, 1.82) is 0 Å². The van der Waals surface area contributed by atoms with Gasteiger partial charge in [0.25, 0.3) is 11.8 Å². The molecule has 0 radical (unpaired) electrons. The van der Waals surface area contributed by atoms with E-state index in [1.807, 2.05) is 52.4 Å². The highest BCUT2D eigenvalue weighted by molar-refractivity contribution is 7.12. The van der Waals surface area contributed by atoms with Crippen molar-refractivity contribution in [3.8, 4) is 0 Å². The van der Waals surface area contributed by atoms with Gasteiger partial charge in [0, 0.05) is 49.4 Å². The zero-order valence-electron chi connectivity index (χ0n) is 17.8. The Morgan fingerprint density at radius 3 is 2.59 bits per heavy atom. The highest BCUT2D eigenvalue weighted by Crippen LogP contribution is 2.42. The van der Waals surface area contributed by atoms with E-state index >= 15 is 0 Å². The summed E-state index contributed by atoms with van der Waals surface area (Å²) in [6, 6.07) is 14.0. The standard InChI is InChI=1S/C25H24FN3O2S/c1-16-19(4-2-11-27-16)24(30)28-12-10-22-21(14-28)20(17-6-8-18(26)9-7-17)15-29(22)25(31)23-5-3-13-32-23/h2-9,11,13,20-22H,10,12,14-15H2,1H3/t20-,21-,22-/m1/s1. The zero-order valence-corrected chi connectivity index (χ0v) is 18.6. The molecule has 0 unspecified atom stereocenters. The second-order valence-electron chi connectivity index (χ2n) is 8.50. The first-order valence-corrected chi connectivity index (χ1v) is 11.7. The predicted molar refractivity (Wildman–Crippen MR) is 121 cm³/mol. The molecule has 2 aliphatic heterocycles. The van der Waals surface area contributed by atoms with Gasteiger partial charge in [-0.25, -0.2) is 4.39 Å². The highest BCUT2D eigenvalue weighted by Gasteiger charge is 2.48. The molecule has 164 valence electrons. The van der Waals surface area contributed by atoms with Gasteiger partial charge < -0.3 is 9.80 Å². The molecular weight excluding hydrogens is 425 g/mol. The fourth-order valence-electron chi connectivity index (χ4n) is 5.14. The summed E-state index contributed by atoms with van der Waals surface area (Å²) in [6.45, 7) is 3.58. The first-order chi connectivity index (χ1) is 15.5. The van der Waals surface area contributed by atoms with Crippen LogP contribution < -0.4 is 0 Å². The predicted octanol–water partition coefficient (Wildman–Crippen LogP) is 4.36. The number of hydrogen-bond donors (Lipinski definition) is 0. The van der Waals surface area contributed by atoms with E-state index < -0.39 is 0 Å². The molecule has 5 rings (SSSR count). The van der Waals surface area contributed by atoms with Crippen molar-refractivity contribution in [3.63, 3.8) is 0 Å². The highest BCUT2D eigenvalue weighted by atomic mass is 32.1. The normalized spacial score (nSPS) is 22.6. The minimum Gasteiger partial charge on any atom is -0.338 e. The largest absolute Gasteiger partial charge is 0.338 e. The molecule has 32 heavy (non-hydrogen) atoms. The van der Waals surface area contributed by atoms with E-state index in [4.69, 9.17) is 0 Å². The second-order valence-corrected chi connectivity index (χ2v) is 9.45. The fourth-order valence-corrected chi connectivity index (χ4v) is 5.82. The monoisotopic (exact) mass is 449 g/mol. The number of aryl methyl sites for hydroxylation is 1. The number of nitrogens with zero attached hydrogens (tertiary/aromatic N) is 3. The molecule has 3 atom stereocenters. The van der Waals surface area contributed by atoms with Gasteiger partial charge in [0.2, 0.25) is 0 Å². The number of piperidine rings is 1. The van der Waals surface area contributed by atoms with E-state index in [1.54, 1.807) is 12.3 Å². The van der Waals surface area contributed by atoms with Gasteiger partial charge in [0.15, 0.2) is 0 Å². The molecule has 2 aromatic heterocycles. The number of carbonyl (C=O) groups is 2. The Labute approximate surface area is 190 Å². The van der Waals surface area contributed by atoms with Crippen LogP contribution in [0.1, 0.15) is 43.6 Å². The van der Waals surface area contributed by atoms with Crippen LogP contribution in [0.3, 0.4) is 0 Å². The SMILES string of the molecule is Cc1ncccc1C(=O)N1CC[C@@H]2[C@H](C1)[C@@H](c1ccc(F)cc1)CN2C(=O)c1cccs1. The Balaban J connectivity index is 1.45. The molecule has 7 heteroatoms. The minimum atomic E-state index is -0.276. The van der Waals surface area contributed by atoms with Crippen molar-refractivity contribution in [2.24, 2.45) is 5.92 Å². The van der Waals surface area contributed by atoms with Gasteiger partial charge in [-0.2, -0.15) is 0 Å². The average molecular weight is 450 g/mol. The van der Waals surface area contributed by atoms with Gasteiger partial charge in [-0.15, -0.1) is 11.3 Å². The first-order valence-electron chi connectivity index (χ1n) is 10.8. The summed E-state index contributed by atoms with van der Waals surface area (Å²) in [5, 5.41) is 1.91. The van der Waals surface area contributed by atoms with Crippen LogP contribution >= 0.6 is 11.3 Å². The molecule has 2 aliphatic rings. The molecule has 0 aliphatic carbocycles. The quantitative estimate of drug-likeness (QED) is 0.597. The molecule has 3 aromatic rings. The minimum absolute atomic E-state index is 0.0186. The van der Waals surface area contributed by atoms with E-state index in [-0.39, 0.29) is 35.5 Å². The number of halogens is 1. The summed E-state index contributed by atoms with van der Waals surface area (Å²) in [6.07, 6.45) is 2.42. The van der Waals surface area contributed by atoms with Crippen molar-refractivity contribution in [2.45, 2.75) is 25.3 Å². The Hall–Kier alpha value is -3.06. The number of benzene rings is 1. The summed E-state index contributed by atoms with van der Waals surface area (Å²) in [7, 11) is 0. The van der Waals surface area contributed by atoms with Crippen LogP contribution in [0.25, 0.3) is 0 Å². The van der Waals surface area contributed by atoms with Crippen LogP contribution in [0.5, 0.6) is 0 Å². The molecular formula is C25H24FN3O2S. The second kappa shape index (κ2) is 8.47. The zero-order chi connectivity index (χ0) is 22.2. The first kappa shape index (κ1) is 20.8. The fraction of sp³-hybridized carbons (Fsp3) is 0.320. The summed E-state index contributed by atoms with van der Waals surface area (Å²) in [5.74, 6) is -0.103. The summed E-state index contributed by atoms with van der Waals surface area (Å²) >= 11 is 1.45. The van der Waals surface area contributed by atoms with Crippen LogP contribution in [0, 0.1) is 18.7 Å². The van der Waals surface area contributed by atoms with Gasteiger partial charge in [0.05, 0.1) is 10.4 Å². The molecule has 2 amide bonds. The smallest absolute Gasteiger partial charge is 0.264 e. The topological polar surface area (TPSA) is 53.5 Å². The van der Waals surface area contributed by atoms with Crippen LogP contribution in [-0.2, 0) is 0 Å². The maximum atomic E-state index is 13.6. The summed E-state index contributed by atoms with van der Waals surface area (Å²) in [5.41, 5.74) is 2.35. The Morgan fingerprint density at radius 2 is 1.88 bits per heavy atom. The van der Waals surface area contributed by atoms with Crippen LogP contribution in [0.2, 0.25) is 0 Å². The van der Waals surface area contributed by atoms with Crippen LogP contribution in [-0.4, -0.2) is 52.3 Å². The number of fused-ring (bicyclic) bond motifs is 1. The van der Waals surface area contributed by atoms with Gasteiger partial charge in [-0.1, -0.05) is 18.2 Å². The average Bonchev–Trinajstić information content (AvgIpc) is 3.47. The molecule has 5 nitrogen and oxygen atoms in total. The van der Waals surface area contributed by atoms with E-state index in [1.165, 1.54) is 23.5 Å². The number of rotatable bonds is 3. The number of carbonyl (C=O) groups excluding carboxylic acids is 2. The number of thiophene rings is 1. The molecule has 0 N–H and O–H groups in total. The number of likely N-dealkylation sites (tertiary alicyclic amines) is 2.